The van der Waals surface area contributed by atoms with E-state index in [2.05, 4.69) is 15.5 Å². The Kier molecular flexibility index (Phi) is 4.76. The largest absolute Gasteiger partial charge is 0.308 e. The molecule has 6 nitrogen and oxygen atoms in total. The summed E-state index contributed by atoms with van der Waals surface area (Å²) in [6.45, 7) is 5.48. The van der Waals surface area contributed by atoms with Crippen LogP contribution in [0, 0.1) is 13.8 Å². The fraction of sp³-hybridized carbons (Fsp3) is 0.222. The third-order valence-electron chi connectivity index (χ3n) is 4.00. The first kappa shape index (κ1) is 17.0. The number of aromatic nitrogens is 3. The van der Waals surface area contributed by atoms with Gasteiger partial charge in [-0.15, -0.1) is 10.2 Å². The smallest absolute Gasteiger partial charge is 0.264 e. The SMILES string of the molecule is Cc1nnc(NC(=O)c2c(C)ccn(C(C)c3ccccc3)c2=O)s1. The molecular weight excluding hydrogens is 336 g/mol. The molecular formula is C18H18N4O2S. The summed E-state index contributed by atoms with van der Waals surface area (Å²) in [6.07, 6.45) is 1.72. The number of anilines is 1. The Hall–Kier alpha value is -2.80. The van der Waals surface area contributed by atoms with Gasteiger partial charge in [0.15, 0.2) is 0 Å². The predicted octanol–water partition coefficient (Wildman–Crippen LogP) is 3.18. The lowest BCUT2D eigenvalue weighted by atomic mass is 10.1. The van der Waals surface area contributed by atoms with Gasteiger partial charge in [0.1, 0.15) is 10.6 Å². The molecule has 0 spiro atoms. The van der Waals surface area contributed by atoms with Crippen LogP contribution < -0.4 is 10.9 Å². The predicted molar refractivity (Wildman–Crippen MR) is 98.3 cm³/mol. The summed E-state index contributed by atoms with van der Waals surface area (Å²) in [7, 11) is 0. The molecule has 25 heavy (non-hydrogen) atoms. The standard InChI is InChI=1S/C18H18N4O2S/c1-11-9-10-22(12(2)14-7-5-4-6-8-14)17(24)15(11)16(23)19-18-21-20-13(3)25-18/h4-10,12H,1-3H3,(H,19,21,23). The summed E-state index contributed by atoms with van der Waals surface area (Å²) in [5.41, 5.74) is 1.42. The molecule has 1 amide bonds. The van der Waals surface area contributed by atoms with Gasteiger partial charge in [-0.2, -0.15) is 0 Å². The van der Waals surface area contributed by atoms with Crippen LogP contribution in [-0.4, -0.2) is 20.7 Å². The van der Waals surface area contributed by atoms with E-state index in [9.17, 15) is 9.59 Å². The van der Waals surface area contributed by atoms with Gasteiger partial charge < -0.3 is 4.57 Å². The first-order chi connectivity index (χ1) is 12.0. The monoisotopic (exact) mass is 354 g/mol. The van der Waals surface area contributed by atoms with Gasteiger partial charge in [-0.05, 0) is 38.0 Å². The first-order valence-corrected chi connectivity index (χ1v) is 8.67. The van der Waals surface area contributed by atoms with Crippen LogP contribution in [0.4, 0.5) is 5.13 Å². The number of nitrogens with zero attached hydrogens (tertiary/aromatic N) is 3. The Morgan fingerprint density at radius 3 is 2.52 bits per heavy atom. The highest BCUT2D eigenvalue weighted by atomic mass is 32.1. The van der Waals surface area contributed by atoms with Crippen molar-refractivity contribution >= 4 is 22.4 Å². The van der Waals surface area contributed by atoms with Crippen LogP contribution in [0.3, 0.4) is 0 Å². The second kappa shape index (κ2) is 6.98. The number of hydrogen-bond donors (Lipinski definition) is 1. The minimum Gasteiger partial charge on any atom is -0.308 e. The van der Waals surface area contributed by atoms with Gasteiger partial charge in [-0.1, -0.05) is 41.7 Å². The topological polar surface area (TPSA) is 76.9 Å². The summed E-state index contributed by atoms with van der Waals surface area (Å²) < 4.78 is 1.57. The molecule has 3 aromatic rings. The van der Waals surface area contributed by atoms with Crippen LogP contribution in [0.5, 0.6) is 0 Å². The van der Waals surface area contributed by atoms with E-state index in [1.807, 2.05) is 37.3 Å². The molecule has 0 fully saturated rings. The number of pyridine rings is 1. The van der Waals surface area contributed by atoms with E-state index in [1.54, 1.807) is 30.7 Å². The Morgan fingerprint density at radius 2 is 1.88 bits per heavy atom. The Morgan fingerprint density at radius 1 is 1.16 bits per heavy atom. The van der Waals surface area contributed by atoms with E-state index in [0.29, 0.717) is 10.7 Å². The van der Waals surface area contributed by atoms with Gasteiger partial charge >= 0.3 is 0 Å². The van der Waals surface area contributed by atoms with E-state index in [0.717, 1.165) is 10.6 Å². The molecule has 0 bridgehead atoms. The van der Waals surface area contributed by atoms with Crippen LogP contribution in [0.25, 0.3) is 0 Å². The highest BCUT2D eigenvalue weighted by molar-refractivity contribution is 7.15. The van der Waals surface area contributed by atoms with Crippen molar-refractivity contribution in [2.75, 3.05) is 5.32 Å². The zero-order valence-electron chi connectivity index (χ0n) is 14.2. The highest BCUT2D eigenvalue weighted by Gasteiger charge is 2.19. The van der Waals surface area contributed by atoms with Crippen molar-refractivity contribution in [3.63, 3.8) is 0 Å². The van der Waals surface area contributed by atoms with Gasteiger partial charge in [-0.3, -0.25) is 14.9 Å². The third kappa shape index (κ3) is 3.51. The molecule has 0 radical (unpaired) electrons. The number of carbonyl (C=O) groups is 1. The van der Waals surface area contributed by atoms with Crippen molar-refractivity contribution < 1.29 is 4.79 Å². The molecule has 1 aromatic carbocycles. The summed E-state index contributed by atoms with van der Waals surface area (Å²) in [5.74, 6) is -0.465. The Labute approximate surface area is 149 Å². The number of aryl methyl sites for hydroxylation is 2. The van der Waals surface area contributed by atoms with Crippen LogP contribution in [0.15, 0.2) is 47.4 Å². The quantitative estimate of drug-likeness (QED) is 0.781. The normalized spacial score (nSPS) is 12.0. The third-order valence-corrected chi connectivity index (χ3v) is 4.75. The Bertz CT molecular complexity index is 963. The number of carbonyl (C=O) groups excluding carboxylic acids is 1. The zero-order valence-corrected chi connectivity index (χ0v) is 15.0. The molecule has 1 atom stereocenters. The van der Waals surface area contributed by atoms with Gasteiger partial charge in [0.05, 0.1) is 6.04 Å². The maximum absolute atomic E-state index is 12.9. The zero-order chi connectivity index (χ0) is 18.0. The van der Waals surface area contributed by atoms with Gasteiger partial charge in [0, 0.05) is 6.20 Å². The number of nitrogens with one attached hydrogen (secondary N) is 1. The van der Waals surface area contributed by atoms with Crippen LogP contribution in [0.2, 0.25) is 0 Å². The molecule has 2 heterocycles. The number of hydrogen-bond acceptors (Lipinski definition) is 5. The molecule has 7 heteroatoms. The van der Waals surface area contributed by atoms with Crippen molar-refractivity contribution in [2.45, 2.75) is 26.8 Å². The minimum absolute atomic E-state index is 0.123. The summed E-state index contributed by atoms with van der Waals surface area (Å²) in [6, 6.07) is 11.3. The number of benzene rings is 1. The van der Waals surface area contributed by atoms with E-state index in [-0.39, 0.29) is 17.2 Å². The van der Waals surface area contributed by atoms with Crippen LogP contribution in [-0.2, 0) is 0 Å². The average Bonchev–Trinajstić information content (AvgIpc) is 3.00. The minimum atomic E-state index is -0.465. The molecule has 0 aliphatic rings. The lowest BCUT2D eigenvalue weighted by Gasteiger charge is -2.17. The second-order valence-electron chi connectivity index (χ2n) is 5.75. The lowest BCUT2D eigenvalue weighted by Crippen LogP contribution is -2.32. The maximum Gasteiger partial charge on any atom is 0.264 e. The first-order valence-electron chi connectivity index (χ1n) is 7.85. The summed E-state index contributed by atoms with van der Waals surface area (Å²) >= 11 is 1.27. The fourth-order valence-electron chi connectivity index (χ4n) is 2.62. The van der Waals surface area contributed by atoms with Gasteiger partial charge in [-0.25, -0.2) is 0 Å². The molecule has 128 valence electrons. The van der Waals surface area contributed by atoms with Crippen LogP contribution >= 0.6 is 11.3 Å². The molecule has 0 saturated heterocycles. The molecule has 2 aromatic heterocycles. The fourth-order valence-corrected chi connectivity index (χ4v) is 3.21. The lowest BCUT2D eigenvalue weighted by molar-refractivity contribution is 0.102. The van der Waals surface area contributed by atoms with Crippen molar-refractivity contribution in [3.05, 3.63) is 74.6 Å². The van der Waals surface area contributed by atoms with Crippen LogP contribution in [0.1, 0.15) is 39.5 Å². The molecule has 0 aliphatic carbocycles. The molecule has 0 aliphatic heterocycles. The number of amides is 1. The summed E-state index contributed by atoms with van der Waals surface area (Å²) in [4.78, 5) is 25.5. The molecule has 3 rings (SSSR count). The Balaban J connectivity index is 1.97. The van der Waals surface area contributed by atoms with E-state index < -0.39 is 5.91 Å². The van der Waals surface area contributed by atoms with Gasteiger partial charge in [0.2, 0.25) is 5.13 Å². The second-order valence-corrected chi connectivity index (χ2v) is 6.93. The van der Waals surface area contributed by atoms with E-state index in [1.165, 1.54) is 11.3 Å². The molecule has 0 saturated carbocycles. The van der Waals surface area contributed by atoms with E-state index in [4.69, 9.17) is 0 Å². The van der Waals surface area contributed by atoms with Crippen molar-refractivity contribution in [1.82, 2.24) is 14.8 Å². The molecule has 1 N–H and O–H groups in total. The maximum atomic E-state index is 12.9. The average molecular weight is 354 g/mol. The van der Waals surface area contributed by atoms with Crippen molar-refractivity contribution in [2.24, 2.45) is 0 Å². The van der Waals surface area contributed by atoms with Crippen molar-refractivity contribution in [3.8, 4) is 0 Å². The molecule has 1 unspecified atom stereocenters. The van der Waals surface area contributed by atoms with E-state index >= 15 is 0 Å². The van der Waals surface area contributed by atoms with Crippen molar-refractivity contribution in [1.29, 1.82) is 0 Å². The summed E-state index contributed by atoms with van der Waals surface area (Å²) in [5, 5.41) is 11.5. The highest BCUT2D eigenvalue weighted by Crippen LogP contribution is 2.18. The van der Waals surface area contributed by atoms with Gasteiger partial charge in [0.25, 0.3) is 11.5 Å². The number of rotatable bonds is 4.